The maximum Gasteiger partial charge on any atom is 0.328 e. The molecule has 4 aliphatic heterocycles. The summed E-state index contributed by atoms with van der Waals surface area (Å²) in [5.41, 5.74) is 1.42. The minimum Gasteiger partial charge on any atom is -0.497 e. The number of esters is 1. The number of benzene rings is 2. The molecule has 0 unspecified atom stereocenters. The van der Waals surface area contributed by atoms with Gasteiger partial charge in [-0.1, -0.05) is 49.4 Å². The van der Waals surface area contributed by atoms with E-state index >= 15 is 0 Å². The molecular formula is C41H52N6O9. The molecule has 4 fully saturated rings. The van der Waals surface area contributed by atoms with Crippen molar-refractivity contribution in [3.05, 3.63) is 65.7 Å². The van der Waals surface area contributed by atoms with Crippen LogP contribution >= 0.6 is 0 Å². The van der Waals surface area contributed by atoms with E-state index in [1.807, 2.05) is 37.3 Å². The van der Waals surface area contributed by atoms with Crippen molar-refractivity contribution >= 4 is 41.4 Å². The predicted molar refractivity (Wildman–Crippen MR) is 203 cm³/mol. The first-order valence-corrected chi connectivity index (χ1v) is 19.6. The zero-order valence-corrected chi connectivity index (χ0v) is 32.2. The molecule has 300 valence electrons. The van der Waals surface area contributed by atoms with Crippen LogP contribution in [0.1, 0.15) is 63.5 Å². The van der Waals surface area contributed by atoms with Gasteiger partial charge in [0.15, 0.2) is 0 Å². The molecule has 15 nitrogen and oxygen atoms in total. The van der Waals surface area contributed by atoms with E-state index in [-0.39, 0.29) is 37.8 Å². The Balaban J connectivity index is 1.29. The fraction of sp³-hybridized carbons (Fsp3) is 0.537. The first kappa shape index (κ1) is 40.2. The van der Waals surface area contributed by atoms with Crippen molar-refractivity contribution < 1.29 is 43.0 Å². The summed E-state index contributed by atoms with van der Waals surface area (Å²) in [5, 5.41) is 8.38. The van der Waals surface area contributed by atoms with Crippen molar-refractivity contribution in [1.82, 2.24) is 30.7 Å². The van der Waals surface area contributed by atoms with Crippen molar-refractivity contribution in [3.63, 3.8) is 0 Å². The van der Waals surface area contributed by atoms with Crippen LogP contribution in [0.3, 0.4) is 0 Å². The second-order valence-corrected chi connectivity index (χ2v) is 15.3. The Morgan fingerprint density at radius 3 is 2.32 bits per heavy atom. The standard InChI is InChI=1S/C41H52N6O9/c1-25-19-34-41(54)56-24-31(44-36(49)30(21-27-11-5-4-6-12-27)43-35(48)22-28-13-9-14-29(20-28)55-3)39(52)46-18-10-16-33(46)40(53)45-17-8-7-15-32(45)37(50)42-26(2)38(51)47(34)23-25/h4-6,9,11-14,20,25-26,30-34H,7-8,10,15-19,21-24H2,1-3H3,(H,42,50)(H,43,48)(H,44,49)/t25-,26+,30+,31+,32+,33+,34+/m1/s1. The molecule has 6 amide bonds. The van der Waals surface area contributed by atoms with Gasteiger partial charge >= 0.3 is 5.97 Å². The third kappa shape index (κ3) is 9.31. The number of hydrogen-bond acceptors (Lipinski definition) is 9. The Bertz CT molecular complexity index is 1810. The number of methoxy groups -OCH3 is 1. The zero-order valence-electron chi connectivity index (χ0n) is 32.2. The van der Waals surface area contributed by atoms with Gasteiger partial charge in [-0.2, -0.15) is 0 Å². The number of nitrogens with zero attached hydrogens (tertiary/aromatic N) is 3. The lowest BCUT2D eigenvalue weighted by atomic mass is 9.99. The first-order valence-electron chi connectivity index (χ1n) is 19.6. The van der Waals surface area contributed by atoms with Gasteiger partial charge in [-0.05, 0) is 74.6 Å². The summed E-state index contributed by atoms with van der Waals surface area (Å²) in [5.74, 6) is -3.28. The van der Waals surface area contributed by atoms with Crippen molar-refractivity contribution in [3.8, 4) is 5.75 Å². The highest BCUT2D eigenvalue weighted by Crippen LogP contribution is 2.28. The Labute approximate surface area is 326 Å². The van der Waals surface area contributed by atoms with Crippen LogP contribution in [0.25, 0.3) is 0 Å². The number of carbonyl (C=O) groups is 7. The quantitative estimate of drug-likeness (QED) is 0.331. The van der Waals surface area contributed by atoms with Crippen LogP contribution in [-0.4, -0.2) is 126 Å². The van der Waals surface area contributed by atoms with E-state index in [9.17, 15) is 33.6 Å². The van der Waals surface area contributed by atoms with E-state index in [0.29, 0.717) is 56.4 Å². The molecule has 0 radical (unpaired) electrons. The number of cyclic esters (lactones) is 1. The monoisotopic (exact) mass is 772 g/mol. The number of amides is 6. The van der Waals surface area contributed by atoms with Crippen LogP contribution in [0.15, 0.2) is 54.6 Å². The normalized spacial score (nSPS) is 26.7. The smallest absolute Gasteiger partial charge is 0.328 e. The molecule has 2 aromatic rings. The maximum absolute atomic E-state index is 14.5. The van der Waals surface area contributed by atoms with Gasteiger partial charge in [0.05, 0.1) is 13.5 Å². The number of ether oxygens (including phenoxy) is 2. The van der Waals surface area contributed by atoms with Crippen LogP contribution < -0.4 is 20.7 Å². The van der Waals surface area contributed by atoms with Gasteiger partial charge in [0.25, 0.3) is 0 Å². The minimum atomic E-state index is -1.43. The average molecular weight is 773 g/mol. The van der Waals surface area contributed by atoms with Gasteiger partial charge in [0.1, 0.15) is 48.6 Å². The van der Waals surface area contributed by atoms with Crippen molar-refractivity contribution in [2.75, 3.05) is 33.4 Å². The molecule has 15 heteroatoms. The summed E-state index contributed by atoms with van der Waals surface area (Å²) >= 11 is 0. The third-order valence-corrected chi connectivity index (χ3v) is 11.1. The van der Waals surface area contributed by atoms with Crippen molar-refractivity contribution in [2.24, 2.45) is 5.92 Å². The lowest BCUT2D eigenvalue weighted by molar-refractivity contribution is -0.158. The topological polar surface area (TPSA) is 184 Å². The van der Waals surface area contributed by atoms with Crippen molar-refractivity contribution in [2.45, 2.75) is 101 Å². The average Bonchev–Trinajstić information content (AvgIpc) is 3.85. The minimum absolute atomic E-state index is 0.0452. The van der Waals surface area contributed by atoms with Crippen LogP contribution in [0, 0.1) is 5.92 Å². The van der Waals surface area contributed by atoms with Gasteiger partial charge in [0, 0.05) is 26.1 Å². The second-order valence-electron chi connectivity index (χ2n) is 15.3. The van der Waals surface area contributed by atoms with E-state index < -0.39 is 78.4 Å². The van der Waals surface area contributed by atoms with Gasteiger partial charge < -0.3 is 40.1 Å². The molecule has 0 aliphatic carbocycles. The summed E-state index contributed by atoms with van der Waals surface area (Å²) in [6.45, 7) is 3.69. The van der Waals surface area contributed by atoms with Gasteiger partial charge in [-0.15, -0.1) is 0 Å². The predicted octanol–water partition coefficient (Wildman–Crippen LogP) is 1.12. The molecule has 0 bridgehead atoms. The molecule has 3 N–H and O–H groups in total. The molecular weight excluding hydrogens is 720 g/mol. The highest BCUT2D eigenvalue weighted by molar-refractivity contribution is 5.98. The first-order chi connectivity index (χ1) is 26.9. The maximum atomic E-state index is 14.5. The molecule has 56 heavy (non-hydrogen) atoms. The van der Waals surface area contributed by atoms with E-state index in [1.165, 1.54) is 21.8 Å². The third-order valence-electron chi connectivity index (χ3n) is 11.1. The van der Waals surface area contributed by atoms with Crippen LogP contribution in [0.4, 0.5) is 0 Å². The number of nitrogens with one attached hydrogen (secondary N) is 3. The molecule has 0 aromatic heterocycles. The molecule has 0 spiro atoms. The van der Waals surface area contributed by atoms with E-state index in [4.69, 9.17) is 9.47 Å². The van der Waals surface area contributed by atoms with E-state index in [0.717, 1.165) is 5.56 Å². The largest absolute Gasteiger partial charge is 0.497 e. The Kier molecular flexibility index (Phi) is 12.9. The highest BCUT2D eigenvalue weighted by atomic mass is 16.5. The number of fused-ring (bicyclic) bond motifs is 3. The number of carbonyl (C=O) groups excluding carboxylic acids is 7. The molecule has 7 atom stereocenters. The molecule has 4 saturated heterocycles. The fourth-order valence-corrected chi connectivity index (χ4v) is 8.26. The fourth-order valence-electron chi connectivity index (χ4n) is 8.26. The van der Waals surface area contributed by atoms with Crippen LogP contribution in [-0.2, 0) is 51.1 Å². The van der Waals surface area contributed by atoms with Crippen molar-refractivity contribution in [1.29, 1.82) is 0 Å². The van der Waals surface area contributed by atoms with Crippen LogP contribution in [0.2, 0.25) is 0 Å². The second kappa shape index (κ2) is 18.0. The lowest BCUT2D eigenvalue weighted by Gasteiger charge is -2.39. The molecule has 4 aliphatic rings. The summed E-state index contributed by atoms with van der Waals surface area (Å²) < 4.78 is 11.0. The van der Waals surface area contributed by atoms with E-state index in [2.05, 4.69) is 16.0 Å². The zero-order chi connectivity index (χ0) is 39.9. The highest BCUT2D eigenvalue weighted by Gasteiger charge is 2.46. The number of hydrogen-bond donors (Lipinski definition) is 3. The summed E-state index contributed by atoms with van der Waals surface area (Å²) in [6, 6.07) is 9.88. The number of piperidine rings is 1. The Hall–Kier alpha value is -5.47. The Morgan fingerprint density at radius 1 is 0.839 bits per heavy atom. The van der Waals surface area contributed by atoms with E-state index in [1.54, 1.807) is 31.2 Å². The lowest BCUT2D eigenvalue weighted by Crippen LogP contribution is -2.62. The molecule has 2 aromatic carbocycles. The Morgan fingerprint density at radius 2 is 1.55 bits per heavy atom. The molecule has 6 rings (SSSR count). The van der Waals surface area contributed by atoms with Crippen LogP contribution in [0.5, 0.6) is 5.75 Å². The SMILES string of the molecule is COc1cccc(CC(=O)N[C@@H](Cc2ccccc2)C(=O)N[C@H]2COC(=O)[C@@H]3C[C@@H](C)CN3C(=O)[C@H](C)NC(=O)[C@@H]3CCCCN3C(=O)[C@@H]3CCCN3C2=O)c1. The molecule has 4 heterocycles. The van der Waals surface area contributed by atoms with Gasteiger partial charge in [-0.3, -0.25) is 28.8 Å². The number of rotatable bonds is 8. The molecule has 0 saturated carbocycles. The summed E-state index contributed by atoms with van der Waals surface area (Å²) in [4.78, 5) is 102. The summed E-state index contributed by atoms with van der Waals surface area (Å²) in [6.07, 6.45) is 3.00. The van der Waals surface area contributed by atoms with Gasteiger partial charge in [0.2, 0.25) is 35.4 Å². The van der Waals surface area contributed by atoms with Gasteiger partial charge in [-0.25, -0.2) is 4.79 Å². The summed E-state index contributed by atoms with van der Waals surface area (Å²) in [7, 11) is 1.53.